The predicted octanol–water partition coefficient (Wildman–Crippen LogP) is 2.95. The van der Waals surface area contributed by atoms with E-state index in [1.165, 1.54) is 6.92 Å². The molecule has 4 rings (SSSR count). The largest absolute Gasteiger partial charge is 0.480 e. The van der Waals surface area contributed by atoms with Gasteiger partial charge >= 0.3 is 5.97 Å². The van der Waals surface area contributed by atoms with E-state index in [1.54, 1.807) is 30.3 Å². The number of fused-ring (bicyclic) bond motifs is 3. The summed E-state index contributed by atoms with van der Waals surface area (Å²) in [4.78, 5) is 44.8. The number of carboxylic acids is 1. The minimum Gasteiger partial charge on any atom is -0.480 e. The van der Waals surface area contributed by atoms with Crippen molar-refractivity contribution in [3.8, 4) is 0 Å². The highest BCUT2D eigenvalue weighted by atomic mass is 16.4. The zero-order valence-corrected chi connectivity index (χ0v) is 18.3. The Bertz CT molecular complexity index is 1350. The molecule has 4 N–H and O–H groups in total. The second-order valence-electron chi connectivity index (χ2n) is 7.97. The van der Waals surface area contributed by atoms with Crippen LogP contribution in [0.3, 0.4) is 0 Å². The molecule has 0 saturated heterocycles. The first kappa shape index (κ1) is 22.0. The lowest BCUT2D eigenvalue weighted by Gasteiger charge is -2.19. The number of aromatic nitrogens is 2. The summed E-state index contributed by atoms with van der Waals surface area (Å²) in [5.41, 5.74) is 3.43. The third kappa shape index (κ3) is 4.69. The van der Waals surface area contributed by atoms with Crippen LogP contribution in [0.1, 0.15) is 28.7 Å². The molecule has 4 aromatic rings. The molecular weight excluding hydrogens is 420 g/mol. The molecule has 2 aromatic heterocycles. The molecule has 8 heteroatoms. The van der Waals surface area contributed by atoms with Crippen LogP contribution in [0, 0.1) is 6.92 Å². The summed E-state index contributed by atoms with van der Waals surface area (Å²) in [5, 5.41) is 16.5. The van der Waals surface area contributed by atoms with Gasteiger partial charge in [0.2, 0.25) is 5.91 Å². The minimum atomic E-state index is -1.15. The number of carbonyl (C=O) groups excluding carboxylic acids is 2. The molecule has 2 unspecified atom stereocenters. The number of hydrogen-bond donors (Lipinski definition) is 4. The van der Waals surface area contributed by atoms with Crippen LogP contribution >= 0.6 is 0 Å². The highest BCUT2D eigenvalue weighted by Crippen LogP contribution is 2.27. The van der Waals surface area contributed by atoms with Gasteiger partial charge in [0.15, 0.2) is 0 Å². The van der Waals surface area contributed by atoms with Gasteiger partial charge in [-0.05, 0) is 31.5 Å². The van der Waals surface area contributed by atoms with Crippen molar-refractivity contribution in [3.05, 3.63) is 77.6 Å². The number of H-pyrrole nitrogens is 1. The number of aliphatic carboxylic acids is 1. The van der Waals surface area contributed by atoms with Crippen molar-refractivity contribution in [1.29, 1.82) is 0 Å². The molecule has 0 fully saturated rings. The molecule has 33 heavy (non-hydrogen) atoms. The number of nitrogens with one attached hydrogen (secondary N) is 3. The minimum absolute atomic E-state index is 0.139. The lowest BCUT2D eigenvalue weighted by Crippen LogP contribution is -2.51. The van der Waals surface area contributed by atoms with Crippen molar-refractivity contribution in [2.45, 2.75) is 32.4 Å². The summed E-state index contributed by atoms with van der Waals surface area (Å²) >= 11 is 0. The quantitative estimate of drug-likeness (QED) is 0.349. The Labute approximate surface area is 190 Å². The van der Waals surface area contributed by atoms with Gasteiger partial charge in [-0.1, -0.05) is 48.5 Å². The molecule has 2 heterocycles. The van der Waals surface area contributed by atoms with Crippen LogP contribution < -0.4 is 10.6 Å². The molecule has 0 bridgehead atoms. The monoisotopic (exact) mass is 444 g/mol. The average Bonchev–Trinajstić information content (AvgIpc) is 3.18. The van der Waals surface area contributed by atoms with Gasteiger partial charge in [-0.2, -0.15) is 0 Å². The summed E-state index contributed by atoms with van der Waals surface area (Å²) in [6.07, 6.45) is 0.139. The summed E-state index contributed by atoms with van der Waals surface area (Å²) in [5.74, 6) is -2.24. The number of benzene rings is 2. The number of carbonyl (C=O) groups is 3. The molecule has 8 nitrogen and oxygen atoms in total. The van der Waals surface area contributed by atoms with Gasteiger partial charge in [-0.25, -0.2) is 9.78 Å². The SMILES string of the molecule is Cc1nc(C(=O)NC(C)C(=O)NC(Cc2ccccc2)C(=O)O)cc2c1[nH]c1ccccc12. The number of aromatic amines is 1. The zero-order valence-electron chi connectivity index (χ0n) is 18.3. The van der Waals surface area contributed by atoms with Crippen LogP contribution in [0.15, 0.2) is 60.7 Å². The second-order valence-corrected chi connectivity index (χ2v) is 7.97. The van der Waals surface area contributed by atoms with Gasteiger partial charge in [-0.3, -0.25) is 9.59 Å². The first-order valence-electron chi connectivity index (χ1n) is 10.6. The highest BCUT2D eigenvalue weighted by Gasteiger charge is 2.25. The number of rotatable bonds is 7. The Balaban J connectivity index is 1.48. The number of amides is 2. The molecule has 0 saturated carbocycles. The highest BCUT2D eigenvalue weighted by molar-refractivity contribution is 6.10. The molecule has 2 amide bonds. The Kier molecular flexibility index (Phi) is 6.08. The molecule has 0 aliphatic rings. The average molecular weight is 444 g/mol. The van der Waals surface area contributed by atoms with E-state index in [4.69, 9.17) is 0 Å². The van der Waals surface area contributed by atoms with Crippen LogP contribution in [-0.2, 0) is 16.0 Å². The third-order valence-electron chi connectivity index (χ3n) is 5.55. The normalized spacial score (nSPS) is 12.9. The summed E-state index contributed by atoms with van der Waals surface area (Å²) in [6.45, 7) is 3.32. The van der Waals surface area contributed by atoms with E-state index in [2.05, 4.69) is 20.6 Å². The van der Waals surface area contributed by atoms with E-state index in [0.717, 1.165) is 27.4 Å². The Morgan fingerprint density at radius 3 is 2.42 bits per heavy atom. The van der Waals surface area contributed by atoms with Gasteiger partial charge in [0, 0.05) is 22.7 Å². The fourth-order valence-electron chi connectivity index (χ4n) is 3.80. The summed E-state index contributed by atoms with van der Waals surface area (Å²) < 4.78 is 0. The summed E-state index contributed by atoms with van der Waals surface area (Å²) in [6, 6.07) is 16.4. The Morgan fingerprint density at radius 1 is 1.00 bits per heavy atom. The fraction of sp³-hybridized carbons (Fsp3) is 0.200. The lowest BCUT2D eigenvalue weighted by atomic mass is 10.1. The van der Waals surface area contributed by atoms with Gasteiger partial charge < -0.3 is 20.7 Å². The predicted molar refractivity (Wildman–Crippen MR) is 125 cm³/mol. The number of hydrogen-bond acceptors (Lipinski definition) is 4. The molecule has 2 atom stereocenters. The molecule has 2 aromatic carbocycles. The first-order valence-corrected chi connectivity index (χ1v) is 10.6. The van der Waals surface area contributed by atoms with Crippen LogP contribution in [-0.4, -0.2) is 44.9 Å². The van der Waals surface area contributed by atoms with Crippen molar-refractivity contribution < 1.29 is 19.5 Å². The molecule has 0 aliphatic carbocycles. The maximum absolute atomic E-state index is 12.8. The number of aryl methyl sites for hydroxylation is 1. The van der Waals surface area contributed by atoms with Gasteiger partial charge in [-0.15, -0.1) is 0 Å². The standard InChI is InChI=1S/C25H24N4O4/c1-14-22-18(17-10-6-7-11-19(17)28-22)13-20(26-14)24(31)27-15(2)23(30)29-21(25(32)33)12-16-8-4-3-5-9-16/h3-11,13,15,21,28H,12H2,1-2H3,(H,27,31)(H,29,30)(H,32,33). The molecule has 0 radical (unpaired) electrons. The summed E-state index contributed by atoms with van der Waals surface area (Å²) in [7, 11) is 0. The lowest BCUT2D eigenvalue weighted by molar-refractivity contribution is -0.142. The van der Waals surface area contributed by atoms with E-state index >= 15 is 0 Å². The van der Waals surface area contributed by atoms with E-state index in [-0.39, 0.29) is 12.1 Å². The number of carboxylic acid groups (broad SMARTS) is 1. The Morgan fingerprint density at radius 2 is 1.70 bits per heavy atom. The number of para-hydroxylation sites is 1. The molecular formula is C25H24N4O4. The van der Waals surface area contributed by atoms with Crippen LogP contribution in [0.2, 0.25) is 0 Å². The van der Waals surface area contributed by atoms with Crippen LogP contribution in [0.25, 0.3) is 21.8 Å². The van der Waals surface area contributed by atoms with Crippen molar-refractivity contribution >= 4 is 39.6 Å². The maximum atomic E-state index is 12.8. The van der Waals surface area contributed by atoms with Crippen molar-refractivity contribution in [2.24, 2.45) is 0 Å². The molecule has 0 spiro atoms. The van der Waals surface area contributed by atoms with Gasteiger partial charge in [0.25, 0.3) is 5.91 Å². The van der Waals surface area contributed by atoms with E-state index < -0.39 is 29.9 Å². The van der Waals surface area contributed by atoms with Crippen LogP contribution in [0.5, 0.6) is 0 Å². The van der Waals surface area contributed by atoms with Crippen molar-refractivity contribution in [3.63, 3.8) is 0 Å². The smallest absolute Gasteiger partial charge is 0.326 e. The number of pyridine rings is 1. The van der Waals surface area contributed by atoms with Crippen LogP contribution in [0.4, 0.5) is 0 Å². The molecule has 0 aliphatic heterocycles. The van der Waals surface area contributed by atoms with E-state index in [9.17, 15) is 19.5 Å². The van der Waals surface area contributed by atoms with Gasteiger partial charge in [0.05, 0.1) is 11.2 Å². The second kappa shape index (κ2) is 9.12. The maximum Gasteiger partial charge on any atom is 0.326 e. The Hall–Kier alpha value is -4.20. The number of nitrogens with zero attached hydrogens (tertiary/aromatic N) is 1. The first-order chi connectivity index (χ1) is 15.8. The van der Waals surface area contributed by atoms with E-state index in [0.29, 0.717) is 5.69 Å². The fourth-order valence-corrected chi connectivity index (χ4v) is 3.80. The molecule has 168 valence electrons. The van der Waals surface area contributed by atoms with E-state index in [1.807, 2.05) is 37.3 Å². The van der Waals surface area contributed by atoms with Crippen molar-refractivity contribution in [2.75, 3.05) is 0 Å². The van der Waals surface area contributed by atoms with Gasteiger partial charge in [0.1, 0.15) is 17.8 Å². The third-order valence-corrected chi connectivity index (χ3v) is 5.55. The van der Waals surface area contributed by atoms with Crippen molar-refractivity contribution in [1.82, 2.24) is 20.6 Å². The zero-order chi connectivity index (χ0) is 23.5. The topological polar surface area (TPSA) is 124 Å².